The average molecular weight is 244 g/mol. The third kappa shape index (κ3) is 3.28. The number of hydrogen-bond donors (Lipinski definition) is 2. The highest BCUT2D eigenvalue weighted by atomic mass is 32.2. The summed E-state index contributed by atoms with van der Waals surface area (Å²) in [5, 5.41) is 0. The van der Waals surface area contributed by atoms with E-state index in [1.807, 2.05) is 13.0 Å². The van der Waals surface area contributed by atoms with Crippen LogP contribution in [0, 0.1) is 13.8 Å². The van der Waals surface area contributed by atoms with Gasteiger partial charge >= 0.3 is 0 Å². The Labute approximate surface area is 95.6 Å². The van der Waals surface area contributed by atoms with Crippen LogP contribution in [0.15, 0.2) is 23.1 Å². The van der Waals surface area contributed by atoms with Crippen LogP contribution in [-0.4, -0.2) is 21.6 Å². The van der Waals surface area contributed by atoms with Crippen molar-refractivity contribution in [3.05, 3.63) is 29.3 Å². The second-order valence-corrected chi connectivity index (χ2v) is 5.27. The van der Waals surface area contributed by atoms with Gasteiger partial charge in [-0.3, -0.25) is 0 Å². The maximum Gasteiger partial charge on any atom is 0.240 e. The van der Waals surface area contributed by atoms with Gasteiger partial charge in [0.15, 0.2) is 0 Å². The van der Waals surface area contributed by atoms with Crippen molar-refractivity contribution in [2.24, 2.45) is 5.90 Å². The predicted octanol–water partition coefficient (Wildman–Crippen LogP) is 0.472. The van der Waals surface area contributed by atoms with Crippen LogP contribution in [0.1, 0.15) is 11.1 Å². The molecular formula is C10H16N2O3S. The third-order valence-corrected chi connectivity index (χ3v) is 3.75. The van der Waals surface area contributed by atoms with Crippen molar-refractivity contribution in [3.8, 4) is 0 Å². The molecule has 0 aliphatic carbocycles. The van der Waals surface area contributed by atoms with Crippen LogP contribution in [0.25, 0.3) is 0 Å². The number of aryl methyl sites for hydroxylation is 2. The maximum atomic E-state index is 11.9. The molecule has 0 heterocycles. The number of sulfonamides is 1. The zero-order chi connectivity index (χ0) is 12.2. The highest BCUT2D eigenvalue weighted by Crippen LogP contribution is 2.16. The fourth-order valence-electron chi connectivity index (χ4n) is 1.31. The van der Waals surface area contributed by atoms with Gasteiger partial charge in [0.25, 0.3) is 0 Å². The van der Waals surface area contributed by atoms with E-state index in [0.29, 0.717) is 10.5 Å². The number of benzene rings is 1. The van der Waals surface area contributed by atoms with Crippen LogP contribution in [-0.2, 0) is 14.9 Å². The summed E-state index contributed by atoms with van der Waals surface area (Å²) in [4.78, 5) is 4.60. The molecule has 0 aliphatic rings. The molecule has 0 radical (unpaired) electrons. The summed E-state index contributed by atoms with van der Waals surface area (Å²) in [5.41, 5.74) is 1.62. The van der Waals surface area contributed by atoms with Gasteiger partial charge in [-0.05, 0) is 31.0 Å². The molecule has 0 saturated carbocycles. The minimum Gasteiger partial charge on any atom is -0.303 e. The van der Waals surface area contributed by atoms with Crippen molar-refractivity contribution in [3.63, 3.8) is 0 Å². The summed E-state index contributed by atoms with van der Waals surface area (Å²) < 4.78 is 26.2. The van der Waals surface area contributed by atoms with Crippen LogP contribution < -0.4 is 10.6 Å². The lowest BCUT2D eigenvalue weighted by molar-refractivity contribution is 0.143. The molecule has 0 aromatic heterocycles. The summed E-state index contributed by atoms with van der Waals surface area (Å²) >= 11 is 0. The molecule has 0 unspecified atom stereocenters. The average Bonchev–Trinajstić information content (AvgIpc) is 2.22. The Morgan fingerprint density at radius 2 is 2.06 bits per heavy atom. The second-order valence-electron chi connectivity index (χ2n) is 3.54. The molecule has 1 aromatic rings. The number of hydrogen-bond acceptors (Lipinski definition) is 4. The van der Waals surface area contributed by atoms with E-state index in [-0.39, 0.29) is 13.2 Å². The largest absolute Gasteiger partial charge is 0.303 e. The van der Waals surface area contributed by atoms with E-state index in [0.717, 1.165) is 5.56 Å². The summed E-state index contributed by atoms with van der Waals surface area (Å²) in [6, 6.07) is 5.29. The molecule has 16 heavy (non-hydrogen) atoms. The molecule has 1 aromatic carbocycles. The fourth-order valence-corrected chi connectivity index (χ4v) is 2.65. The normalized spacial score (nSPS) is 11.7. The highest BCUT2D eigenvalue weighted by molar-refractivity contribution is 7.89. The molecule has 0 amide bonds. The Hall–Kier alpha value is -0.950. The number of rotatable bonds is 5. The molecule has 5 nitrogen and oxygen atoms in total. The molecule has 1 rings (SSSR count). The Bertz CT molecular complexity index is 457. The van der Waals surface area contributed by atoms with Crippen molar-refractivity contribution >= 4 is 10.0 Å². The van der Waals surface area contributed by atoms with E-state index in [1.165, 1.54) is 0 Å². The van der Waals surface area contributed by atoms with Gasteiger partial charge in [-0.1, -0.05) is 12.1 Å². The summed E-state index contributed by atoms with van der Waals surface area (Å²) in [6.07, 6.45) is 0. The van der Waals surface area contributed by atoms with Gasteiger partial charge < -0.3 is 4.84 Å². The van der Waals surface area contributed by atoms with Crippen LogP contribution in [0.3, 0.4) is 0 Å². The second kappa shape index (κ2) is 5.40. The van der Waals surface area contributed by atoms with Crippen LogP contribution >= 0.6 is 0 Å². The first-order valence-corrected chi connectivity index (χ1v) is 6.34. The van der Waals surface area contributed by atoms with Crippen LogP contribution in [0.2, 0.25) is 0 Å². The van der Waals surface area contributed by atoms with Crippen molar-refractivity contribution in [1.29, 1.82) is 0 Å². The molecule has 0 bridgehead atoms. The van der Waals surface area contributed by atoms with E-state index >= 15 is 0 Å². The summed E-state index contributed by atoms with van der Waals surface area (Å²) in [5.74, 6) is 4.82. The fraction of sp³-hybridized carbons (Fsp3) is 0.400. The van der Waals surface area contributed by atoms with Crippen molar-refractivity contribution in [2.75, 3.05) is 13.2 Å². The smallest absolute Gasteiger partial charge is 0.240 e. The Kier molecular flexibility index (Phi) is 4.43. The maximum absolute atomic E-state index is 11.9. The van der Waals surface area contributed by atoms with Crippen molar-refractivity contribution in [2.45, 2.75) is 18.7 Å². The lowest BCUT2D eigenvalue weighted by Gasteiger charge is -2.09. The monoisotopic (exact) mass is 244 g/mol. The minimum absolute atomic E-state index is 0.143. The lowest BCUT2D eigenvalue weighted by Crippen LogP contribution is -2.28. The molecule has 0 aliphatic heterocycles. The molecule has 6 heteroatoms. The third-order valence-electron chi connectivity index (χ3n) is 2.15. The standard InChI is InChI=1S/C10H16N2O3S/c1-8-3-4-9(2)10(7-8)16(13,14)12-5-6-15-11/h3-4,7,12H,5-6,11H2,1-2H3. The first kappa shape index (κ1) is 13.1. The van der Waals surface area contributed by atoms with Crippen LogP contribution in [0.4, 0.5) is 0 Å². The van der Waals surface area contributed by atoms with Gasteiger partial charge in [0.05, 0.1) is 11.5 Å². The highest BCUT2D eigenvalue weighted by Gasteiger charge is 2.15. The van der Waals surface area contributed by atoms with Gasteiger partial charge in [-0.2, -0.15) is 0 Å². The van der Waals surface area contributed by atoms with Gasteiger partial charge in [-0.25, -0.2) is 19.0 Å². The first-order valence-electron chi connectivity index (χ1n) is 4.86. The zero-order valence-corrected chi connectivity index (χ0v) is 10.2. The van der Waals surface area contributed by atoms with E-state index < -0.39 is 10.0 Å². The molecule has 0 saturated heterocycles. The summed E-state index contributed by atoms with van der Waals surface area (Å²) in [6.45, 7) is 3.91. The molecule has 0 fully saturated rings. The minimum atomic E-state index is -3.47. The van der Waals surface area contributed by atoms with Gasteiger partial charge in [-0.15, -0.1) is 0 Å². The first-order chi connectivity index (χ1) is 7.47. The van der Waals surface area contributed by atoms with E-state index in [1.54, 1.807) is 19.1 Å². The molecular weight excluding hydrogens is 228 g/mol. The summed E-state index contributed by atoms with van der Waals surface area (Å²) in [7, 11) is -3.47. The Morgan fingerprint density at radius 1 is 1.38 bits per heavy atom. The lowest BCUT2D eigenvalue weighted by atomic mass is 10.2. The molecule has 0 spiro atoms. The molecule has 0 atom stereocenters. The SMILES string of the molecule is Cc1ccc(C)c(S(=O)(=O)NCCON)c1. The van der Waals surface area contributed by atoms with E-state index in [4.69, 9.17) is 5.90 Å². The van der Waals surface area contributed by atoms with Gasteiger partial charge in [0.1, 0.15) is 0 Å². The molecule has 3 N–H and O–H groups in total. The topological polar surface area (TPSA) is 81.4 Å². The quantitative estimate of drug-likeness (QED) is 0.583. The van der Waals surface area contributed by atoms with E-state index in [9.17, 15) is 8.42 Å². The predicted molar refractivity (Wildman–Crippen MR) is 61.2 cm³/mol. The van der Waals surface area contributed by atoms with Crippen molar-refractivity contribution < 1.29 is 13.3 Å². The van der Waals surface area contributed by atoms with Crippen molar-refractivity contribution in [1.82, 2.24) is 4.72 Å². The van der Waals surface area contributed by atoms with Crippen LogP contribution in [0.5, 0.6) is 0 Å². The molecule has 90 valence electrons. The number of nitrogens with two attached hydrogens (primary N) is 1. The van der Waals surface area contributed by atoms with Gasteiger partial charge in [0, 0.05) is 6.54 Å². The van der Waals surface area contributed by atoms with E-state index in [2.05, 4.69) is 9.56 Å². The zero-order valence-electron chi connectivity index (χ0n) is 9.36. The Balaban J connectivity index is 2.93. The van der Waals surface area contributed by atoms with Gasteiger partial charge in [0.2, 0.25) is 10.0 Å². The Morgan fingerprint density at radius 3 is 2.69 bits per heavy atom. The number of nitrogens with one attached hydrogen (secondary N) is 1.